The number of carbonyl (C=O) groups is 2. The second-order valence-corrected chi connectivity index (χ2v) is 10.1. The van der Waals surface area contributed by atoms with E-state index in [1.807, 2.05) is 0 Å². The van der Waals surface area contributed by atoms with Crippen molar-refractivity contribution >= 4 is 44.8 Å². The van der Waals surface area contributed by atoms with Gasteiger partial charge in [-0.05, 0) is 44.0 Å². The van der Waals surface area contributed by atoms with Gasteiger partial charge in [0, 0.05) is 30.2 Å². The lowest BCUT2D eigenvalue weighted by atomic mass is 10.1. The summed E-state index contributed by atoms with van der Waals surface area (Å²) in [5.41, 5.74) is 0.781. The average molecular weight is 511 g/mol. The zero-order valence-corrected chi connectivity index (χ0v) is 20.9. The summed E-state index contributed by atoms with van der Waals surface area (Å²) in [6.45, 7) is 4.57. The summed E-state index contributed by atoms with van der Waals surface area (Å²) in [7, 11) is -4.01. The maximum absolute atomic E-state index is 13.4. The topological polar surface area (TPSA) is 130 Å². The van der Waals surface area contributed by atoms with Crippen molar-refractivity contribution in [1.29, 1.82) is 0 Å². The zero-order valence-electron chi connectivity index (χ0n) is 19.3. The Bertz CT molecular complexity index is 1190. The van der Waals surface area contributed by atoms with E-state index >= 15 is 0 Å². The van der Waals surface area contributed by atoms with E-state index < -0.39 is 39.3 Å². The molecule has 0 fully saturated rings. The number of amides is 2. The van der Waals surface area contributed by atoms with Crippen LogP contribution in [0.5, 0.6) is 0 Å². The van der Waals surface area contributed by atoms with E-state index in [1.54, 1.807) is 38.1 Å². The maximum atomic E-state index is 13.4. The molecule has 1 N–H and O–H groups in total. The molecule has 0 bridgehead atoms. The SMILES string of the molecule is CCNC(=O)[C@H](C)N(Cc1cccc(Cl)c1)C(=O)CN(c1cc([N+](=O)[O-])ccc1C)S(C)(=O)=O. The van der Waals surface area contributed by atoms with Gasteiger partial charge in [-0.2, -0.15) is 0 Å². The fraction of sp³-hybridized carbons (Fsp3) is 0.364. The van der Waals surface area contributed by atoms with E-state index in [4.69, 9.17) is 11.6 Å². The smallest absolute Gasteiger partial charge is 0.271 e. The molecule has 10 nitrogen and oxygen atoms in total. The molecular formula is C22H27ClN4O6S. The first-order chi connectivity index (χ1) is 15.8. The minimum Gasteiger partial charge on any atom is -0.355 e. The Kier molecular flexibility index (Phi) is 9.00. The monoisotopic (exact) mass is 510 g/mol. The van der Waals surface area contributed by atoms with Crippen LogP contribution in [0, 0.1) is 17.0 Å². The highest BCUT2D eigenvalue weighted by Gasteiger charge is 2.31. The summed E-state index contributed by atoms with van der Waals surface area (Å²) < 4.78 is 26.1. The zero-order chi connectivity index (χ0) is 25.6. The first-order valence-electron chi connectivity index (χ1n) is 10.4. The van der Waals surface area contributed by atoms with Gasteiger partial charge in [0.15, 0.2) is 0 Å². The minimum absolute atomic E-state index is 0.00319. The van der Waals surface area contributed by atoms with Gasteiger partial charge < -0.3 is 10.2 Å². The summed E-state index contributed by atoms with van der Waals surface area (Å²) in [5.74, 6) is -1.06. The molecule has 0 saturated carbocycles. The molecule has 2 rings (SSSR count). The van der Waals surface area contributed by atoms with Crippen molar-refractivity contribution in [3.63, 3.8) is 0 Å². The standard InChI is InChI=1S/C22H27ClN4O6S/c1-5-24-22(29)16(3)25(13-17-7-6-8-18(23)11-17)21(28)14-26(34(4,32)33)20-12-19(27(30)31)10-9-15(20)2/h6-12,16H,5,13-14H2,1-4H3,(H,24,29)/t16-/m0/s1. The number of nitrogens with one attached hydrogen (secondary N) is 1. The van der Waals surface area contributed by atoms with Gasteiger partial charge in [0.05, 0.1) is 16.9 Å². The number of likely N-dealkylation sites (N-methyl/N-ethyl adjacent to an activating group) is 1. The molecule has 34 heavy (non-hydrogen) atoms. The lowest BCUT2D eigenvalue weighted by molar-refractivity contribution is -0.384. The van der Waals surface area contributed by atoms with Gasteiger partial charge >= 0.3 is 0 Å². The molecule has 0 heterocycles. The van der Waals surface area contributed by atoms with Crippen molar-refractivity contribution in [2.24, 2.45) is 0 Å². The summed E-state index contributed by atoms with van der Waals surface area (Å²) in [6, 6.07) is 9.60. The molecule has 0 aliphatic carbocycles. The van der Waals surface area contributed by atoms with Gasteiger partial charge in [0.2, 0.25) is 21.8 Å². The predicted molar refractivity (Wildman–Crippen MR) is 130 cm³/mol. The van der Waals surface area contributed by atoms with Crippen molar-refractivity contribution in [3.8, 4) is 0 Å². The normalized spacial score (nSPS) is 12.0. The van der Waals surface area contributed by atoms with Crippen LogP contribution in [0.4, 0.5) is 11.4 Å². The van der Waals surface area contributed by atoms with Crippen LogP contribution in [0.25, 0.3) is 0 Å². The molecule has 0 unspecified atom stereocenters. The first-order valence-corrected chi connectivity index (χ1v) is 12.6. The lowest BCUT2D eigenvalue weighted by Gasteiger charge is -2.31. The van der Waals surface area contributed by atoms with E-state index in [0.717, 1.165) is 16.6 Å². The number of nitro groups is 1. The molecule has 2 amide bonds. The van der Waals surface area contributed by atoms with Gasteiger partial charge in [0.25, 0.3) is 5.69 Å². The summed E-state index contributed by atoms with van der Waals surface area (Å²) >= 11 is 6.06. The number of nitro benzene ring substituents is 1. The highest BCUT2D eigenvalue weighted by atomic mass is 35.5. The van der Waals surface area contributed by atoms with E-state index in [2.05, 4.69) is 5.32 Å². The van der Waals surface area contributed by atoms with Crippen molar-refractivity contribution in [2.75, 3.05) is 23.7 Å². The molecule has 184 valence electrons. The Labute approximate surface area is 203 Å². The van der Waals surface area contributed by atoms with E-state index in [1.165, 1.54) is 24.0 Å². The van der Waals surface area contributed by atoms with E-state index in [9.17, 15) is 28.1 Å². The Morgan fingerprint density at radius 3 is 2.44 bits per heavy atom. The number of carbonyl (C=O) groups excluding carboxylic acids is 2. The van der Waals surface area contributed by atoms with Crippen LogP contribution in [0.15, 0.2) is 42.5 Å². The van der Waals surface area contributed by atoms with Crippen LogP contribution >= 0.6 is 11.6 Å². The summed E-state index contributed by atoms with van der Waals surface area (Å²) in [6.07, 6.45) is 0.910. The van der Waals surface area contributed by atoms with Crippen molar-refractivity contribution in [2.45, 2.75) is 33.4 Å². The van der Waals surface area contributed by atoms with Crippen LogP contribution in [0.1, 0.15) is 25.0 Å². The van der Waals surface area contributed by atoms with Crippen molar-refractivity contribution in [1.82, 2.24) is 10.2 Å². The number of sulfonamides is 1. The van der Waals surface area contributed by atoms with Crippen LogP contribution in [-0.2, 0) is 26.2 Å². The molecule has 0 radical (unpaired) electrons. The van der Waals surface area contributed by atoms with Crippen LogP contribution in [0.3, 0.4) is 0 Å². The third-order valence-electron chi connectivity index (χ3n) is 5.11. The number of hydrogen-bond acceptors (Lipinski definition) is 6. The third kappa shape index (κ3) is 6.91. The molecule has 2 aromatic rings. The van der Waals surface area contributed by atoms with Crippen LogP contribution in [-0.4, -0.2) is 55.4 Å². The maximum Gasteiger partial charge on any atom is 0.271 e. The van der Waals surface area contributed by atoms with E-state index in [0.29, 0.717) is 22.7 Å². The fourth-order valence-corrected chi connectivity index (χ4v) is 4.42. The number of non-ortho nitro benzene ring substituents is 1. The second kappa shape index (κ2) is 11.3. The predicted octanol–water partition coefficient (Wildman–Crippen LogP) is 2.88. The summed E-state index contributed by atoms with van der Waals surface area (Å²) in [4.78, 5) is 37.8. The van der Waals surface area contributed by atoms with Crippen LogP contribution < -0.4 is 9.62 Å². The molecule has 0 aromatic heterocycles. The minimum atomic E-state index is -4.01. The Morgan fingerprint density at radius 1 is 1.21 bits per heavy atom. The number of aryl methyl sites for hydroxylation is 1. The van der Waals surface area contributed by atoms with Crippen molar-refractivity contribution in [3.05, 3.63) is 68.7 Å². The van der Waals surface area contributed by atoms with Gasteiger partial charge in [0.1, 0.15) is 12.6 Å². The fourth-order valence-electron chi connectivity index (χ4n) is 3.31. The third-order valence-corrected chi connectivity index (χ3v) is 6.47. The molecule has 12 heteroatoms. The molecule has 0 aliphatic rings. The van der Waals surface area contributed by atoms with E-state index in [-0.39, 0.29) is 17.9 Å². The molecule has 0 saturated heterocycles. The number of nitrogens with zero attached hydrogens (tertiary/aromatic N) is 3. The average Bonchev–Trinajstić information content (AvgIpc) is 2.75. The van der Waals surface area contributed by atoms with Crippen LogP contribution in [0.2, 0.25) is 5.02 Å². The Balaban J connectivity index is 2.48. The second-order valence-electron chi connectivity index (χ2n) is 7.72. The number of rotatable bonds is 10. The van der Waals surface area contributed by atoms with Gasteiger partial charge in [-0.25, -0.2) is 8.42 Å². The molecular weight excluding hydrogens is 484 g/mol. The molecule has 0 spiro atoms. The highest BCUT2D eigenvalue weighted by molar-refractivity contribution is 7.92. The first kappa shape index (κ1) is 27.1. The number of anilines is 1. The summed E-state index contributed by atoms with van der Waals surface area (Å²) in [5, 5.41) is 14.3. The highest BCUT2D eigenvalue weighted by Crippen LogP contribution is 2.28. The quantitative estimate of drug-likeness (QED) is 0.386. The lowest BCUT2D eigenvalue weighted by Crippen LogP contribution is -2.51. The van der Waals surface area contributed by atoms with Gasteiger partial charge in [-0.15, -0.1) is 0 Å². The number of hydrogen-bond donors (Lipinski definition) is 1. The van der Waals surface area contributed by atoms with Gasteiger partial charge in [-0.3, -0.25) is 24.0 Å². The molecule has 2 aromatic carbocycles. The largest absolute Gasteiger partial charge is 0.355 e. The molecule has 1 atom stereocenters. The number of benzene rings is 2. The van der Waals surface area contributed by atoms with Gasteiger partial charge in [-0.1, -0.05) is 29.8 Å². The van der Waals surface area contributed by atoms with Crippen molar-refractivity contribution < 1.29 is 22.9 Å². The Hall–Kier alpha value is -3.18. The molecule has 0 aliphatic heterocycles. The Morgan fingerprint density at radius 2 is 1.88 bits per heavy atom. The number of halogens is 1.